The average molecular weight is 345 g/mol. The molecule has 7 nitrogen and oxygen atoms in total. The van der Waals surface area contributed by atoms with Gasteiger partial charge >= 0.3 is 0 Å². The molecule has 0 atom stereocenters. The summed E-state index contributed by atoms with van der Waals surface area (Å²) in [6.07, 6.45) is 0.723. The van der Waals surface area contributed by atoms with Gasteiger partial charge < -0.3 is 0 Å². The Kier molecular flexibility index (Phi) is 4.43. The van der Waals surface area contributed by atoms with E-state index < -0.39 is 17.3 Å². The minimum absolute atomic E-state index is 0.0344. The van der Waals surface area contributed by atoms with Gasteiger partial charge in [0.25, 0.3) is 11.5 Å². The molecule has 0 unspecified atom stereocenters. The molecule has 2 heterocycles. The number of nitrogens with one attached hydrogen (secondary N) is 1. The highest BCUT2D eigenvalue weighted by atomic mass is 32.1. The fourth-order valence-electron chi connectivity index (χ4n) is 1.91. The Morgan fingerprint density at radius 3 is 2.62 bits per heavy atom. The second-order valence-electron chi connectivity index (χ2n) is 4.75. The summed E-state index contributed by atoms with van der Waals surface area (Å²) in [6, 6.07) is 7.78. The highest BCUT2D eigenvalue weighted by Gasteiger charge is 2.13. The minimum Gasteiger partial charge on any atom is -0.295 e. The first kappa shape index (κ1) is 15.9. The van der Waals surface area contributed by atoms with Gasteiger partial charge in [0.1, 0.15) is 16.5 Å². The highest BCUT2D eigenvalue weighted by Crippen LogP contribution is 2.16. The molecule has 0 saturated carbocycles. The summed E-state index contributed by atoms with van der Waals surface area (Å²) >= 11 is 1.27. The van der Waals surface area contributed by atoms with Crippen LogP contribution in [0, 0.1) is 5.82 Å². The number of rotatable bonds is 4. The number of hydrogen-bond donors (Lipinski definition) is 1. The summed E-state index contributed by atoms with van der Waals surface area (Å²) in [5.41, 5.74) is -0.0326. The number of carbonyl (C=O) groups excluding carboxylic acids is 1. The molecule has 3 aromatic rings. The lowest BCUT2D eigenvalue weighted by molar-refractivity contribution is 0.102. The van der Waals surface area contributed by atoms with Crippen LogP contribution in [-0.2, 0) is 6.42 Å². The summed E-state index contributed by atoms with van der Waals surface area (Å²) in [6.45, 7) is 1.94. The zero-order chi connectivity index (χ0) is 17.1. The van der Waals surface area contributed by atoms with Crippen LogP contribution >= 0.6 is 11.3 Å². The van der Waals surface area contributed by atoms with E-state index in [1.54, 1.807) is 0 Å². The number of halogens is 1. The number of carbonyl (C=O) groups is 1. The molecule has 0 aliphatic carbocycles. The van der Waals surface area contributed by atoms with Crippen LogP contribution in [0.5, 0.6) is 0 Å². The Morgan fingerprint density at radius 1 is 1.21 bits per heavy atom. The number of nitrogens with zero attached hydrogens (tertiary/aromatic N) is 4. The van der Waals surface area contributed by atoms with Gasteiger partial charge in [0.05, 0.1) is 5.69 Å². The van der Waals surface area contributed by atoms with Gasteiger partial charge in [-0.3, -0.25) is 14.9 Å². The first-order valence-corrected chi connectivity index (χ1v) is 7.88. The molecule has 1 N–H and O–H groups in total. The van der Waals surface area contributed by atoms with Gasteiger partial charge in [-0.05, 0) is 36.8 Å². The van der Waals surface area contributed by atoms with Crippen LogP contribution in [0.25, 0.3) is 5.69 Å². The zero-order valence-electron chi connectivity index (χ0n) is 12.6. The lowest BCUT2D eigenvalue weighted by Crippen LogP contribution is -2.24. The number of benzene rings is 1. The van der Waals surface area contributed by atoms with E-state index in [0.29, 0.717) is 10.8 Å². The van der Waals surface area contributed by atoms with Gasteiger partial charge in [-0.15, -0.1) is 10.2 Å². The van der Waals surface area contributed by atoms with E-state index in [9.17, 15) is 14.0 Å². The zero-order valence-corrected chi connectivity index (χ0v) is 13.4. The number of anilines is 1. The van der Waals surface area contributed by atoms with E-state index in [4.69, 9.17) is 0 Å². The summed E-state index contributed by atoms with van der Waals surface area (Å²) in [7, 11) is 0. The topological polar surface area (TPSA) is 89.8 Å². The van der Waals surface area contributed by atoms with Crippen LogP contribution in [0.1, 0.15) is 22.4 Å². The first-order valence-electron chi connectivity index (χ1n) is 7.07. The van der Waals surface area contributed by atoms with Crippen molar-refractivity contribution in [2.45, 2.75) is 13.3 Å². The van der Waals surface area contributed by atoms with E-state index in [1.165, 1.54) is 47.7 Å². The third kappa shape index (κ3) is 3.35. The van der Waals surface area contributed by atoms with Crippen LogP contribution in [-0.4, -0.2) is 25.9 Å². The maximum Gasteiger partial charge on any atom is 0.277 e. The molecule has 0 saturated heterocycles. The molecule has 0 spiro atoms. The third-order valence-corrected chi connectivity index (χ3v) is 4.08. The van der Waals surface area contributed by atoms with Crippen molar-refractivity contribution in [2.24, 2.45) is 0 Å². The Morgan fingerprint density at radius 2 is 1.96 bits per heavy atom. The predicted molar refractivity (Wildman–Crippen MR) is 87.0 cm³/mol. The van der Waals surface area contributed by atoms with Crippen LogP contribution < -0.4 is 10.9 Å². The Hall–Kier alpha value is -2.94. The summed E-state index contributed by atoms with van der Waals surface area (Å²) in [4.78, 5) is 24.2. The molecular formula is C15H12FN5O2S. The molecule has 1 amide bonds. The van der Waals surface area contributed by atoms with Crippen LogP contribution in [0.4, 0.5) is 9.52 Å². The van der Waals surface area contributed by atoms with Gasteiger partial charge in [-0.2, -0.15) is 9.78 Å². The fraction of sp³-hybridized carbons (Fsp3) is 0.133. The standard InChI is InChI=1S/C15H12FN5O2S/c1-2-12-18-19-15(24-12)17-14(23)11-7-8-13(22)21(20-11)10-5-3-9(16)4-6-10/h3-8H,2H2,1H3,(H,17,19,23). The van der Waals surface area contributed by atoms with Crippen molar-refractivity contribution in [3.05, 3.63) is 63.3 Å². The average Bonchev–Trinajstić information content (AvgIpc) is 3.04. The summed E-state index contributed by atoms with van der Waals surface area (Å²) in [5.74, 6) is -0.937. The minimum atomic E-state index is -0.510. The molecule has 9 heteroatoms. The number of hydrogen-bond acceptors (Lipinski definition) is 6. The number of aromatic nitrogens is 4. The number of aryl methyl sites for hydroxylation is 1. The molecule has 0 aliphatic rings. The van der Waals surface area contributed by atoms with Gasteiger partial charge in [-0.1, -0.05) is 18.3 Å². The van der Waals surface area contributed by atoms with E-state index in [0.717, 1.165) is 16.1 Å². The largest absolute Gasteiger partial charge is 0.295 e. The quantitative estimate of drug-likeness (QED) is 0.781. The second kappa shape index (κ2) is 6.67. The van der Waals surface area contributed by atoms with Crippen molar-refractivity contribution >= 4 is 22.4 Å². The van der Waals surface area contributed by atoms with E-state index in [-0.39, 0.29) is 5.69 Å². The van der Waals surface area contributed by atoms with Crippen molar-refractivity contribution in [3.63, 3.8) is 0 Å². The van der Waals surface area contributed by atoms with E-state index in [2.05, 4.69) is 20.6 Å². The maximum atomic E-state index is 13.0. The smallest absolute Gasteiger partial charge is 0.277 e. The lowest BCUT2D eigenvalue weighted by Gasteiger charge is -2.06. The summed E-state index contributed by atoms with van der Waals surface area (Å²) < 4.78 is 14.0. The predicted octanol–water partition coefficient (Wildman–Crippen LogP) is 2.04. The van der Waals surface area contributed by atoms with Gasteiger partial charge in [0.15, 0.2) is 0 Å². The Balaban J connectivity index is 1.88. The number of amides is 1. The van der Waals surface area contributed by atoms with Gasteiger partial charge in [-0.25, -0.2) is 4.39 Å². The fourth-order valence-corrected chi connectivity index (χ4v) is 2.58. The Bertz CT molecular complexity index is 936. The van der Waals surface area contributed by atoms with Crippen molar-refractivity contribution in [1.82, 2.24) is 20.0 Å². The second-order valence-corrected chi connectivity index (χ2v) is 5.82. The molecule has 0 bridgehead atoms. The molecule has 2 aromatic heterocycles. The van der Waals surface area contributed by atoms with E-state index >= 15 is 0 Å². The molecular weight excluding hydrogens is 333 g/mol. The molecule has 0 radical (unpaired) electrons. The molecule has 3 rings (SSSR count). The van der Waals surface area contributed by atoms with Crippen LogP contribution in [0.15, 0.2) is 41.2 Å². The van der Waals surface area contributed by atoms with Crippen molar-refractivity contribution < 1.29 is 9.18 Å². The molecule has 122 valence electrons. The van der Waals surface area contributed by atoms with Crippen molar-refractivity contribution in [2.75, 3.05) is 5.32 Å². The molecule has 24 heavy (non-hydrogen) atoms. The van der Waals surface area contributed by atoms with Crippen LogP contribution in [0.3, 0.4) is 0 Å². The third-order valence-electron chi connectivity index (χ3n) is 3.09. The van der Waals surface area contributed by atoms with E-state index in [1.807, 2.05) is 6.92 Å². The van der Waals surface area contributed by atoms with Crippen molar-refractivity contribution in [1.29, 1.82) is 0 Å². The van der Waals surface area contributed by atoms with Crippen LogP contribution in [0.2, 0.25) is 0 Å². The molecule has 0 aliphatic heterocycles. The Labute approximate surface area is 139 Å². The normalized spacial score (nSPS) is 10.6. The highest BCUT2D eigenvalue weighted by molar-refractivity contribution is 7.15. The maximum absolute atomic E-state index is 13.0. The van der Waals surface area contributed by atoms with Crippen molar-refractivity contribution in [3.8, 4) is 5.69 Å². The first-order chi connectivity index (χ1) is 11.6. The molecule has 1 aromatic carbocycles. The van der Waals surface area contributed by atoms with Gasteiger partial charge in [0, 0.05) is 6.07 Å². The molecule has 0 fully saturated rings. The summed E-state index contributed by atoms with van der Waals surface area (Å²) in [5, 5.41) is 15.5. The lowest BCUT2D eigenvalue weighted by atomic mass is 10.3. The van der Waals surface area contributed by atoms with Gasteiger partial charge in [0.2, 0.25) is 5.13 Å². The monoisotopic (exact) mass is 345 g/mol. The SMILES string of the molecule is CCc1nnc(NC(=O)c2ccc(=O)n(-c3ccc(F)cc3)n2)s1.